The van der Waals surface area contributed by atoms with E-state index in [9.17, 15) is 32.7 Å². The van der Waals surface area contributed by atoms with Gasteiger partial charge >= 0.3 is 24.1 Å². The minimum Gasteiger partial charge on any atom is -0.481 e. The molecule has 2 aliphatic rings. The number of carboxylic acids is 1. The van der Waals surface area contributed by atoms with Gasteiger partial charge in [-0.15, -0.1) is 0 Å². The molecule has 4 unspecified atom stereocenters. The van der Waals surface area contributed by atoms with Crippen LogP contribution in [0.3, 0.4) is 0 Å². The first kappa shape index (κ1) is 22.2. The van der Waals surface area contributed by atoms with Gasteiger partial charge in [0, 0.05) is 6.54 Å². The minimum absolute atomic E-state index is 0.534. The van der Waals surface area contributed by atoms with Crippen LogP contribution in [0, 0.1) is 5.92 Å². The van der Waals surface area contributed by atoms with E-state index < -0.39 is 66.4 Å². The molecule has 2 rings (SSSR count). The Morgan fingerprint density at radius 3 is 2.14 bits per heavy atom. The molecule has 0 aromatic rings. The molecule has 2 saturated heterocycles. The lowest BCUT2D eigenvalue weighted by atomic mass is 9.90. The zero-order valence-electron chi connectivity index (χ0n) is 16.0. The molecule has 2 aliphatic heterocycles. The van der Waals surface area contributed by atoms with E-state index in [2.05, 4.69) is 0 Å². The molecule has 12 heteroatoms. The summed E-state index contributed by atoms with van der Waals surface area (Å²) in [6.45, 7) is 6.97. The van der Waals surface area contributed by atoms with E-state index in [-0.39, 0.29) is 0 Å². The predicted octanol–water partition coefficient (Wildman–Crippen LogP) is 1.46. The van der Waals surface area contributed by atoms with Gasteiger partial charge in [0.15, 0.2) is 5.79 Å². The van der Waals surface area contributed by atoms with Crippen molar-refractivity contribution in [1.82, 2.24) is 10.2 Å². The zero-order valence-corrected chi connectivity index (χ0v) is 16.0. The fourth-order valence-electron chi connectivity index (χ4n) is 3.08. The van der Waals surface area contributed by atoms with Crippen molar-refractivity contribution in [3.8, 4) is 0 Å². The van der Waals surface area contributed by atoms with E-state index in [0.29, 0.717) is 0 Å². The summed E-state index contributed by atoms with van der Waals surface area (Å²) in [5.74, 6) is -6.25. The van der Waals surface area contributed by atoms with Crippen LogP contribution in [-0.2, 0) is 23.8 Å². The second kappa shape index (κ2) is 7.07. The highest BCUT2D eigenvalue weighted by Gasteiger charge is 2.58. The van der Waals surface area contributed by atoms with Gasteiger partial charge in [-0.05, 0) is 34.6 Å². The standard InChI is InChI=1S/C16H23F3N2O7/c1-14(2,3)28-13(25)21-6-7(11(22)23)8-9(27-15(4,5)26-8)10(21)20-12(24)16(17,18)19/h7-10H,6H2,1-5H3,(H,20,24)(H,22,23). The predicted molar refractivity (Wildman–Crippen MR) is 85.9 cm³/mol. The van der Waals surface area contributed by atoms with Crippen molar-refractivity contribution in [3.63, 3.8) is 0 Å². The largest absolute Gasteiger partial charge is 0.481 e. The van der Waals surface area contributed by atoms with Gasteiger partial charge in [-0.3, -0.25) is 14.5 Å². The summed E-state index contributed by atoms with van der Waals surface area (Å²) >= 11 is 0. The molecule has 2 amide bonds. The maximum Gasteiger partial charge on any atom is 0.471 e. The Morgan fingerprint density at radius 1 is 1.14 bits per heavy atom. The number of hydrogen-bond donors (Lipinski definition) is 2. The third kappa shape index (κ3) is 4.85. The number of aliphatic carboxylic acids is 1. The number of halogens is 3. The maximum absolute atomic E-state index is 12.8. The lowest BCUT2D eigenvalue weighted by Gasteiger charge is -2.43. The van der Waals surface area contributed by atoms with Gasteiger partial charge in [-0.2, -0.15) is 13.2 Å². The maximum atomic E-state index is 12.8. The number of carboxylic acid groups (broad SMARTS) is 1. The number of alkyl halides is 3. The first-order valence-electron chi connectivity index (χ1n) is 8.47. The van der Waals surface area contributed by atoms with Gasteiger partial charge in [0.2, 0.25) is 0 Å². The molecule has 2 N–H and O–H groups in total. The number of fused-ring (bicyclic) bond motifs is 1. The fourth-order valence-corrected chi connectivity index (χ4v) is 3.08. The van der Waals surface area contributed by atoms with E-state index in [4.69, 9.17) is 14.2 Å². The van der Waals surface area contributed by atoms with Crippen molar-refractivity contribution in [2.24, 2.45) is 5.92 Å². The molecule has 0 radical (unpaired) electrons. The quantitative estimate of drug-likeness (QED) is 0.706. The first-order chi connectivity index (χ1) is 12.5. The van der Waals surface area contributed by atoms with Crippen LogP contribution >= 0.6 is 0 Å². The number of hydrogen-bond acceptors (Lipinski definition) is 6. The van der Waals surface area contributed by atoms with E-state index in [1.165, 1.54) is 34.6 Å². The number of likely N-dealkylation sites (tertiary alicyclic amines) is 1. The highest BCUT2D eigenvalue weighted by Crippen LogP contribution is 2.39. The van der Waals surface area contributed by atoms with Crippen molar-refractivity contribution in [2.75, 3.05) is 6.54 Å². The summed E-state index contributed by atoms with van der Waals surface area (Å²) < 4.78 is 54.6. The third-order valence-corrected chi connectivity index (χ3v) is 4.08. The summed E-state index contributed by atoms with van der Waals surface area (Å²) in [5, 5.41) is 11.2. The molecule has 0 aliphatic carbocycles. The highest BCUT2D eigenvalue weighted by atomic mass is 19.4. The number of piperidine rings is 1. The second-order valence-corrected chi connectivity index (χ2v) is 8.06. The fraction of sp³-hybridized carbons (Fsp3) is 0.812. The van der Waals surface area contributed by atoms with Crippen molar-refractivity contribution >= 4 is 18.0 Å². The zero-order chi connectivity index (χ0) is 21.7. The number of carbonyl (C=O) groups is 3. The van der Waals surface area contributed by atoms with E-state index in [1.807, 2.05) is 0 Å². The normalized spacial score (nSPS) is 29.8. The summed E-state index contributed by atoms with van der Waals surface area (Å²) in [7, 11) is 0. The molecular weight excluding hydrogens is 389 g/mol. The number of carbonyl (C=O) groups excluding carboxylic acids is 2. The summed E-state index contributed by atoms with van der Waals surface area (Å²) in [4.78, 5) is 36.5. The lowest BCUT2D eigenvalue weighted by molar-refractivity contribution is -0.179. The van der Waals surface area contributed by atoms with Crippen LogP contribution in [0.2, 0.25) is 0 Å². The monoisotopic (exact) mass is 412 g/mol. The molecule has 0 spiro atoms. The molecular formula is C16H23F3N2O7. The molecule has 160 valence electrons. The van der Waals surface area contributed by atoms with Gasteiger partial charge < -0.3 is 24.6 Å². The lowest BCUT2D eigenvalue weighted by Crippen LogP contribution is -2.68. The van der Waals surface area contributed by atoms with Gasteiger partial charge in [-0.1, -0.05) is 0 Å². The Kier molecular flexibility index (Phi) is 5.61. The van der Waals surface area contributed by atoms with Gasteiger partial charge in [0.25, 0.3) is 0 Å². The van der Waals surface area contributed by atoms with Crippen LogP contribution in [0.4, 0.5) is 18.0 Å². The van der Waals surface area contributed by atoms with Crippen LogP contribution in [0.15, 0.2) is 0 Å². The smallest absolute Gasteiger partial charge is 0.471 e. The SMILES string of the molecule is CC(C)(C)OC(=O)N1CC(C(=O)O)C2OC(C)(C)OC2C1NC(=O)C(F)(F)F. The van der Waals surface area contributed by atoms with Crippen LogP contribution in [0.5, 0.6) is 0 Å². The van der Waals surface area contributed by atoms with Crippen LogP contribution in [0.25, 0.3) is 0 Å². The summed E-state index contributed by atoms with van der Waals surface area (Å²) in [5.41, 5.74) is -1.00. The molecule has 2 heterocycles. The third-order valence-electron chi connectivity index (χ3n) is 4.08. The van der Waals surface area contributed by atoms with Crippen LogP contribution in [0.1, 0.15) is 34.6 Å². The highest BCUT2D eigenvalue weighted by molar-refractivity contribution is 5.83. The van der Waals surface area contributed by atoms with Gasteiger partial charge in [-0.25, -0.2) is 4.79 Å². The van der Waals surface area contributed by atoms with Crippen LogP contribution < -0.4 is 5.32 Å². The molecule has 2 fully saturated rings. The van der Waals surface area contributed by atoms with E-state index in [0.717, 1.165) is 4.90 Å². The Bertz CT molecular complexity index is 660. The first-order valence-corrected chi connectivity index (χ1v) is 8.47. The summed E-state index contributed by atoms with van der Waals surface area (Å²) in [6.07, 6.45) is -10.5. The Morgan fingerprint density at radius 2 is 1.68 bits per heavy atom. The number of nitrogens with zero attached hydrogens (tertiary/aromatic N) is 1. The number of nitrogens with one attached hydrogen (secondary N) is 1. The van der Waals surface area contributed by atoms with E-state index >= 15 is 0 Å². The molecule has 4 atom stereocenters. The average Bonchev–Trinajstić information content (AvgIpc) is 2.79. The molecule has 0 bridgehead atoms. The van der Waals surface area contributed by atoms with Gasteiger partial charge in [0.1, 0.15) is 29.9 Å². The minimum atomic E-state index is -5.21. The van der Waals surface area contributed by atoms with Crippen molar-refractivity contribution in [2.45, 2.75) is 70.6 Å². The second-order valence-electron chi connectivity index (χ2n) is 8.06. The van der Waals surface area contributed by atoms with Crippen molar-refractivity contribution < 1.29 is 46.9 Å². The topological polar surface area (TPSA) is 114 Å². The summed E-state index contributed by atoms with van der Waals surface area (Å²) in [6, 6.07) is 0. The average molecular weight is 412 g/mol. The van der Waals surface area contributed by atoms with Gasteiger partial charge in [0.05, 0.1) is 0 Å². The molecule has 28 heavy (non-hydrogen) atoms. The van der Waals surface area contributed by atoms with Crippen molar-refractivity contribution in [1.29, 1.82) is 0 Å². The molecule has 0 aromatic heterocycles. The van der Waals surface area contributed by atoms with E-state index in [1.54, 1.807) is 5.32 Å². The number of rotatable bonds is 2. The Labute approximate surface area is 159 Å². The van der Waals surface area contributed by atoms with Crippen LogP contribution in [-0.4, -0.2) is 70.5 Å². The van der Waals surface area contributed by atoms with Crippen molar-refractivity contribution in [3.05, 3.63) is 0 Å². The number of ether oxygens (including phenoxy) is 3. The Balaban J connectivity index is 2.42. The Hall–Kier alpha value is -2.08. The molecule has 0 saturated carbocycles. The number of amides is 2. The molecule has 9 nitrogen and oxygen atoms in total. The molecule has 0 aromatic carbocycles.